The second kappa shape index (κ2) is 5.94. The minimum Gasteiger partial charge on any atom is -0.497 e. The summed E-state index contributed by atoms with van der Waals surface area (Å²) in [5.74, 6) is 2.49. The lowest BCUT2D eigenvalue weighted by molar-refractivity contribution is 0.391. The predicted molar refractivity (Wildman–Crippen MR) is 87.5 cm³/mol. The second-order valence-corrected chi connectivity index (χ2v) is 7.82. The molecule has 1 heterocycles. The van der Waals surface area contributed by atoms with Crippen molar-refractivity contribution in [1.82, 2.24) is 0 Å². The third kappa shape index (κ3) is 2.44. The van der Waals surface area contributed by atoms with Crippen LogP contribution in [0.5, 0.6) is 11.5 Å². The molecule has 1 aliphatic carbocycles. The van der Waals surface area contributed by atoms with Crippen molar-refractivity contribution in [2.24, 2.45) is 5.92 Å². The maximum atomic E-state index is 5.45. The van der Waals surface area contributed by atoms with Crippen molar-refractivity contribution in [3.8, 4) is 11.5 Å². The van der Waals surface area contributed by atoms with Crippen LogP contribution in [-0.4, -0.2) is 14.2 Å². The Morgan fingerprint density at radius 1 is 0.950 bits per heavy atom. The zero-order valence-corrected chi connectivity index (χ0v) is 13.6. The highest BCUT2D eigenvalue weighted by molar-refractivity contribution is 8.22. The maximum Gasteiger partial charge on any atom is 0.122 e. The lowest BCUT2D eigenvalue weighted by Crippen LogP contribution is -2.24. The van der Waals surface area contributed by atoms with Crippen molar-refractivity contribution in [1.29, 1.82) is 0 Å². The fraction of sp³-hybridized carbons (Fsp3) is 0.500. The molecule has 108 valence electrons. The van der Waals surface area contributed by atoms with Gasteiger partial charge in [0.2, 0.25) is 0 Å². The van der Waals surface area contributed by atoms with Gasteiger partial charge >= 0.3 is 0 Å². The molecule has 0 unspecified atom stereocenters. The van der Waals surface area contributed by atoms with Crippen LogP contribution in [0.4, 0.5) is 0 Å². The van der Waals surface area contributed by atoms with E-state index in [1.54, 1.807) is 14.2 Å². The van der Waals surface area contributed by atoms with Crippen molar-refractivity contribution in [2.75, 3.05) is 14.2 Å². The zero-order chi connectivity index (χ0) is 14.0. The van der Waals surface area contributed by atoms with Gasteiger partial charge in [-0.1, -0.05) is 12.8 Å². The summed E-state index contributed by atoms with van der Waals surface area (Å²) in [7, 11) is 3.43. The first-order valence-corrected chi connectivity index (χ1v) is 8.78. The van der Waals surface area contributed by atoms with Crippen LogP contribution in [0, 0.1) is 5.92 Å². The molecule has 0 aromatic heterocycles. The first-order chi connectivity index (χ1) is 9.78. The number of hydrogen-bond donors (Lipinski definition) is 0. The molecule has 0 N–H and O–H groups in total. The SMILES string of the molecule is COc1cc(OC)cc(C2(C3CCCC3)SC=CS2)c1. The van der Waals surface area contributed by atoms with Gasteiger partial charge in [-0.25, -0.2) is 0 Å². The van der Waals surface area contributed by atoms with Gasteiger partial charge in [-0.05, 0) is 47.3 Å². The molecule has 1 aliphatic heterocycles. The molecule has 4 heteroatoms. The summed E-state index contributed by atoms with van der Waals surface area (Å²) in [5.41, 5.74) is 1.32. The highest BCUT2D eigenvalue weighted by Crippen LogP contribution is 2.61. The van der Waals surface area contributed by atoms with Gasteiger partial charge in [-0.3, -0.25) is 0 Å². The van der Waals surface area contributed by atoms with E-state index in [1.807, 2.05) is 29.6 Å². The number of methoxy groups -OCH3 is 2. The predicted octanol–water partition coefficient (Wildman–Crippen LogP) is 5.00. The molecule has 20 heavy (non-hydrogen) atoms. The van der Waals surface area contributed by atoms with Crippen LogP contribution in [0.15, 0.2) is 29.0 Å². The highest BCUT2D eigenvalue weighted by Gasteiger charge is 2.44. The van der Waals surface area contributed by atoms with Crippen molar-refractivity contribution in [2.45, 2.75) is 29.8 Å². The third-order valence-electron chi connectivity index (χ3n) is 4.19. The molecule has 2 nitrogen and oxygen atoms in total. The van der Waals surface area contributed by atoms with E-state index in [-0.39, 0.29) is 4.08 Å². The Bertz CT molecular complexity index is 477. The Labute approximate surface area is 129 Å². The molecular weight excluding hydrogens is 288 g/mol. The van der Waals surface area contributed by atoms with E-state index in [0.717, 1.165) is 17.4 Å². The van der Waals surface area contributed by atoms with Crippen molar-refractivity contribution in [3.05, 3.63) is 34.6 Å². The number of ether oxygens (including phenoxy) is 2. The van der Waals surface area contributed by atoms with Crippen LogP contribution < -0.4 is 9.47 Å². The second-order valence-electron chi connectivity index (χ2n) is 5.26. The average Bonchev–Trinajstić information content (AvgIpc) is 3.17. The zero-order valence-electron chi connectivity index (χ0n) is 11.9. The van der Waals surface area contributed by atoms with E-state index in [9.17, 15) is 0 Å². The Balaban J connectivity index is 2.02. The molecule has 1 saturated carbocycles. The van der Waals surface area contributed by atoms with Gasteiger partial charge in [0.25, 0.3) is 0 Å². The van der Waals surface area contributed by atoms with Gasteiger partial charge in [-0.15, -0.1) is 23.5 Å². The third-order valence-corrected chi connectivity index (χ3v) is 7.32. The summed E-state index contributed by atoms with van der Waals surface area (Å²) < 4.78 is 11.0. The molecule has 0 spiro atoms. The molecule has 1 fully saturated rings. The number of hydrogen-bond acceptors (Lipinski definition) is 4. The Hall–Kier alpha value is -0.740. The summed E-state index contributed by atoms with van der Waals surface area (Å²) in [6, 6.07) is 6.30. The Kier molecular flexibility index (Phi) is 4.22. The van der Waals surface area contributed by atoms with Crippen LogP contribution in [0.3, 0.4) is 0 Å². The smallest absolute Gasteiger partial charge is 0.122 e. The Morgan fingerprint density at radius 3 is 2.00 bits per heavy atom. The van der Waals surface area contributed by atoms with Gasteiger partial charge in [-0.2, -0.15) is 0 Å². The summed E-state index contributed by atoms with van der Waals surface area (Å²) in [6.07, 6.45) is 5.35. The standard InChI is InChI=1S/C16H20O2S2/c1-17-14-9-13(10-15(11-14)18-2)16(19-7-8-20-16)12-5-3-4-6-12/h7-12H,3-6H2,1-2H3. The van der Waals surface area contributed by atoms with Crippen molar-refractivity contribution < 1.29 is 9.47 Å². The summed E-state index contributed by atoms with van der Waals surface area (Å²) in [5, 5.41) is 4.46. The molecule has 0 saturated heterocycles. The molecule has 0 bridgehead atoms. The monoisotopic (exact) mass is 308 g/mol. The summed E-state index contributed by atoms with van der Waals surface area (Å²) >= 11 is 3.90. The summed E-state index contributed by atoms with van der Waals surface area (Å²) in [4.78, 5) is 0. The molecular formula is C16H20O2S2. The van der Waals surface area contributed by atoms with E-state index in [4.69, 9.17) is 9.47 Å². The first-order valence-electron chi connectivity index (χ1n) is 7.02. The highest BCUT2D eigenvalue weighted by atomic mass is 32.2. The quantitative estimate of drug-likeness (QED) is 0.779. The normalized spacial score (nSPS) is 21.3. The van der Waals surface area contributed by atoms with E-state index in [2.05, 4.69) is 22.9 Å². The summed E-state index contributed by atoms with van der Waals surface area (Å²) in [6.45, 7) is 0. The van der Waals surface area contributed by atoms with Crippen molar-refractivity contribution in [3.63, 3.8) is 0 Å². The van der Waals surface area contributed by atoms with Crippen molar-refractivity contribution >= 4 is 23.5 Å². The molecule has 1 aromatic rings. The molecule has 0 atom stereocenters. The fourth-order valence-electron chi connectivity index (χ4n) is 3.16. The molecule has 1 aromatic carbocycles. The minimum atomic E-state index is 0.109. The molecule has 0 radical (unpaired) electrons. The first kappa shape index (κ1) is 14.2. The van der Waals surface area contributed by atoms with Gasteiger partial charge in [0, 0.05) is 6.07 Å². The van der Waals surface area contributed by atoms with E-state index >= 15 is 0 Å². The molecule has 2 aliphatic rings. The molecule has 3 rings (SSSR count). The van der Waals surface area contributed by atoms with E-state index in [0.29, 0.717) is 0 Å². The molecule has 0 amide bonds. The average molecular weight is 308 g/mol. The van der Waals surface area contributed by atoms with E-state index in [1.165, 1.54) is 31.2 Å². The van der Waals surface area contributed by atoms with Gasteiger partial charge < -0.3 is 9.47 Å². The van der Waals surface area contributed by atoms with Gasteiger partial charge in [0.05, 0.1) is 18.3 Å². The van der Waals surface area contributed by atoms with Crippen LogP contribution in [-0.2, 0) is 4.08 Å². The number of benzene rings is 1. The van der Waals surface area contributed by atoms with Crippen LogP contribution in [0.1, 0.15) is 31.2 Å². The van der Waals surface area contributed by atoms with Gasteiger partial charge in [0.1, 0.15) is 11.5 Å². The minimum absolute atomic E-state index is 0.109. The van der Waals surface area contributed by atoms with Gasteiger partial charge in [0.15, 0.2) is 0 Å². The largest absolute Gasteiger partial charge is 0.497 e. The lowest BCUT2D eigenvalue weighted by atomic mass is 9.96. The van der Waals surface area contributed by atoms with Crippen LogP contribution in [0.25, 0.3) is 0 Å². The van der Waals surface area contributed by atoms with E-state index < -0.39 is 0 Å². The fourth-order valence-corrected chi connectivity index (χ4v) is 5.93. The number of rotatable bonds is 4. The van der Waals surface area contributed by atoms with Crippen LogP contribution >= 0.6 is 23.5 Å². The topological polar surface area (TPSA) is 18.5 Å². The Morgan fingerprint density at radius 2 is 1.50 bits per heavy atom. The maximum absolute atomic E-state index is 5.45. The number of thioether (sulfide) groups is 2. The van der Waals surface area contributed by atoms with Crippen LogP contribution in [0.2, 0.25) is 0 Å². The lowest BCUT2D eigenvalue weighted by Gasteiger charge is -2.34.